The first-order valence-corrected chi connectivity index (χ1v) is 8.46. The van der Waals surface area contributed by atoms with E-state index in [1.54, 1.807) is 7.11 Å². The third-order valence-electron chi connectivity index (χ3n) is 4.12. The fourth-order valence-corrected chi connectivity index (χ4v) is 2.77. The first kappa shape index (κ1) is 18.5. The number of anilines is 1. The Bertz CT molecular complexity index is 803. The monoisotopic (exact) mass is 340 g/mol. The summed E-state index contributed by atoms with van der Waals surface area (Å²) in [6.07, 6.45) is 5.87. The second-order valence-electron chi connectivity index (χ2n) is 5.48. The number of rotatable bonds is 5. The van der Waals surface area contributed by atoms with Gasteiger partial charge in [-0.2, -0.15) is 0 Å². The molecule has 2 aromatic rings. The molecular formula is C20H24N2O3. The van der Waals surface area contributed by atoms with Crippen molar-refractivity contribution in [2.45, 2.75) is 33.6 Å². The Morgan fingerprint density at radius 3 is 2.68 bits per heavy atom. The minimum absolute atomic E-state index is 0.128. The summed E-state index contributed by atoms with van der Waals surface area (Å²) in [4.78, 5) is 26.0. The van der Waals surface area contributed by atoms with Gasteiger partial charge in [-0.05, 0) is 42.7 Å². The summed E-state index contributed by atoms with van der Waals surface area (Å²) in [5.74, 6) is 0.578. The summed E-state index contributed by atoms with van der Waals surface area (Å²) in [5.41, 5.74) is 5.28. The molecule has 1 amide bonds. The Labute approximate surface area is 148 Å². The number of hydrogen-bond donors (Lipinski definition) is 2. The van der Waals surface area contributed by atoms with E-state index in [0.717, 1.165) is 34.4 Å². The van der Waals surface area contributed by atoms with Crippen LogP contribution in [-0.4, -0.2) is 24.3 Å². The van der Waals surface area contributed by atoms with E-state index < -0.39 is 0 Å². The van der Waals surface area contributed by atoms with E-state index in [-0.39, 0.29) is 5.91 Å². The third kappa shape index (κ3) is 3.82. The number of hydrogen-bond acceptors (Lipinski definition) is 3. The molecule has 1 aromatic carbocycles. The molecule has 2 heterocycles. The number of ether oxygens (including phenoxy) is 1. The number of carbonyl (C=O) groups is 2. The van der Waals surface area contributed by atoms with Crippen molar-refractivity contribution in [3.05, 3.63) is 46.8 Å². The van der Waals surface area contributed by atoms with Crippen LogP contribution in [0.4, 0.5) is 5.69 Å². The molecule has 0 radical (unpaired) electrons. The zero-order valence-corrected chi connectivity index (χ0v) is 15.1. The number of aromatic amines is 1. The van der Waals surface area contributed by atoms with Crippen LogP contribution in [0.15, 0.2) is 24.4 Å². The topological polar surface area (TPSA) is 71.2 Å². The number of H-pyrrole nitrogens is 1. The summed E-state index contributed by atoms with van der Waals surface area (Å²) in [6, 6.07) is 5.53. The van der Waals surface area contributed by atoms with Gasteiger partial charge in [-0.1, -0.05) is 13.8 Å². The molecule has 132 valence electrons. The summed E-state index contributed by atoms with van der Waals surface area (Å²) >= 11 is 0. The first-order valence-electron chi connectivity index (χ1n) is 8.46. The molecule has 2 N–H and O–H groups in total. The molecule has 0 atom stereocenters. The van der Waals surface area contributed by atoms with Gasteiger partial charge in [0, 0.05) is 29.9 Å². The molecule has 1 aliphatic heterocycles. The van der Waals surface area contributed by atoms with E-state index >= 15 is 0 Å². The van der Waals surface area contributed by atoms with E-state index in [2.05, 4.69) is 10.3 Å². The highest BCUT2D eigenvalue weighted by Gasteiger charge is 2.25. The fraction of sp³-hybridized carbons (Fsp3) is 0.300. The van der Waals surface area contributed by atoms with Gasteiger partial charge in [0.2, 0.25) is 0 Å². The van der Waals surface area contributed by atoms with Crippen LogP contribution in [0.2, 0.25) is 0 Å². The molecule has 5 heteroatoms. The average Bonchev–Trinajstić information content (AvgIpc) is 3.14. The second-order valence-corrected chi connectivity index (χ2v) is 5.48. The standard InChI is InChI=1S/C18H18N2O3.C2H6/c1-11-12(4-3-7-21)10-19-16(11)9-15-14-6-5-13(23-2)8-17(14)20-18(15)22;1-2/h5-10,19H,3-4H2,1-2H3,(H,20,22);1-2H3/b15-9-;. The number of fused-ring (bicyclic) bond motifs is 1. The van der Waals surface area contributed by atoms with E-state index in [1.807, 2.05) is 51.2 Å². The van der Waals surface area contributed by atoms with Gasteiger partial charge in [0.25, 0.3) is 5.91 Å². The lowest BCUT2D eigenvalue weighted by Crippen LogP contribution is -2.03. The van der Waals surface area contributed by atoms with Crippen molar-refractivity contribution in [3.63, 3.8) is 0 Å². The summed E-state index contributed by atoms with van der Waals surface area (Å²) in [6.45, 7) is 5.99. The van der Waals surface area contributed by atoms with Crippen LogP contribution in [-0.2, 0) is 16.0 Å². The smallest absolute Gasteiger partial charge is 0.256 e. The molecule has 1 aromatic heterocycles. The minimum atomic E-state index is -0.128. The Morgan fingerprint density at radius 2 is 2.00 bits per heavy atom. The molecule has 3 rings (SSSR count). The van der Waals surface area contributed by atoms with E-state index in [1.165, 1.54) is 0 Å². The van der Waals surface area contributed by atoms with Gasteiger partial charge in [0.1, 0.15) is 12.0 Å². The van der Waals surface area contributed by atoms with Crippen LogP contribution in [0.3, 0.4) is 0 Å². The lowest BCUT2D eigenvalue weighted by molar-refractivity contribution is -0.111. The maximum atomic E-state index is 12.2. The summed E-state index contributed by atoms with van der Waals surface area (Å²) < 4.78 is 5.18. The highest BCUT2D eigenvalue weighted by Crippen LogP contribution is 2.35. The number of amides is 1. The molecule has 0 saturated heterocycles. The van der Waals surface area contributed by atoms with E-state index in [0.29, 0.717) is 24.2 Å². The molecule has 0 bridgehead atoms. The van der Waals surface area contributed by atoms with Crippen molar-refractivity contribution in [2.24, 2.45) is 0 Å². The van der Waals surface area contributed by atoms with Crippen molar-refractivity contribution in [3.8, 4) is 5.75 Å². The Balaban J connectivity index is 0.00000109. The molecule has 0 aliphatic carbocycles. The number of carbonyl (C=O) groups excluding carboxylic acids is 2. The van der Waals surface area contributed by atoms with Gasteiger partial charge >= 0.3 is 0 Å². The molecule has 0 spiro atoms. The zero-order valence-electron chi connectivity index (χ0n) is 15.1. The van der Waals surface area contributed by atoms with Gasteiger partial charge in [-0.15, -0.1) is 0 Å². The number of methoxy groups -OCH3 is 1. The number of aryl methyl sites for hydroxylation is 1. The average molecular weight is 340 g/mol. The molecule has 0 fully saturated rings. The number of benzene rings is 1. The Hall–Kier alpha value is -2.82. The van der Waals surface area contributed by atoms with Gasteiger partial charge in [0.05, 0.1) is 18.4 Å². The molecule has 1 aliphatic rings. The largest absolute Gasteiger partial charge is 0.497 e. The predicted molar refractivity (Wildman–Crippen MR) is 101 cm³/mol. The van der Waals surface area contributed by atoms with Gasteiger partial charge in [-0.3, -0.25) is 4.79 Å². The highest BCUT2D eigenvalue weighted by atomic mass is 16.5. The van der Waals surface area contributed by atoms with Crippen molar-refractivity contribution in [2.75, 3.05) is 12.4 Å². The van der Waals surface area contributed by atoms with Crippen molar-refractivity contribution in [1.29, 1.82) is 0 Å². The first-order chi connectivity index (χ1) is 12.1. The lowest BCUT2D eigenvalue weighted by Gasteiger charge is -2.02. The number of aromatic nitrogens is 1. The molecule has 5 nitrogen and oxygen atoms in total. The van der Waals surface area contributed by atoms with Gasteiger partial charge in [-0.25, -0.2) is 0 Å². The summed E-state index contributed by atoms with van der Waals surface area (Å²) in [7, 11) is 1.60. The number of nitrogens with one attached hydrogen (secondary N) is 2. The maximum absolute atomic E-state index is 12.2. The second kappa shape index (κ2) is 8.33. The van der Waals surface area contributed by atoms with E-state index in [9.17, 15) is 9.59 Å². The Morgan fingerprint density at radius 1 is 1.24 bits per heavy atom. The molecular weight excluding hydrogens is 316 g/mol. The van der Waals surface area contributed by atoms with Crippen LogP contribution < -0.4 is 10.1 Å². The quantitative estimate of drug-likeness (QED) is 0.639. The van der Waals surface area contributed by atoms with Crippen molar-refractivity contribution >= 4 is 29.5 Å². The predicted octanol–water partition coefficient (Wildman–Crippen LogP) is 3.98. The van der Waals surface area contributed by atoms with Crippen LogP contribution in [0.25, 0.3) is 11.6 Å². The van der Waals surface area contributed by atoms with Crippen LogP contribution in [0.1, 0.15) is 42.7 Å². The van der Waals surface area contributed by atoms with Gasteiger partial charge in [0.15, 0.2) is 0 Å². The van der Waals surface area contributed by atoms with Crippen LogP contribution in [0.5, 0.6) is 5.75 Å². The minimum Gasteiger partial charge on any atom is -0.497 e. The Kier molecular flexibility index (Phi) is 6.17. The molecule has 0 saturated carbocycles. The van der Waals surface area contributed by atoms with E-state index in [4.69, 9.17) is 4.74 Å². The molecule has 25 heavy (non-hydrogen) atoms. The normalized spacial score (nSPS) is 13.8. The third-order valence-corrected chi connectivity index (χ3v) is 4.12. The van der Waals surface area contributed by atoms with Crippen LogP contribution >= 0.6 is 0 Å². The summed E-state index contributed by atoms with van der Waals surface area (Å²) in [5, 5.41) is 2.86. The van der Waals surface area contributed by atoms with Crippen molar-refractivity contribution < 1.29 is 14.3 Å². The fourth-order valence-electron chi connectivity index (χ4n) is 2.77. The van der Waals surface area contributed by atoms with Gasteiger partial charge < -0.3 is 19.8 Å². The number of aldehydes is 1. The van der Waals surface area contributed by atoms with Crippen molar-refractivity contribution in [1.82, 2.24) is 4.98 Å². The lowest BCUT2D eigenvalue weighted by atomic mass is 10.0. The zero-order chi connectivity index (χ0) is 18.4. The maximum Gasteiger partial charge on any atom is 0.256 e. The SMILES string of the molecule is CC.COc1ccc2c(c1)NC(=O)/C2=C\c1[nH]cc(CCC=O)c1C. The molecule has 0 unspecified atom stereocenters. The van der Waals surface area contributed by atoms with Crippen LogP contribution in [0, 0.1) is 6.92 Å². The highest BCUT2D eigenvalue weighted by molar-refractivity contribution is 6.34.